The van der Waals surface area contributed by atoms with Gasteiger partial charge in [0.15, 0.2) is 0 Å². The van der Waals surface area contributed by atoms with E-state index in [4.69, 9.17) is 5.26 Å². The maximum absolute atomic E-state index is 8.77. The molecule has 0 amide bonds. The largest absolute Gasteiger partial charge is 0.312 e. The Labute approximate surface area is 112 Å². The van der Waals surface area contributed by atoms with Gasteiger partial charge in [-0.2, -0.15) is 5.26 Å². The fourth-order valence-corrected chi connectivity index (χ4v) is 3.51. The van der Waals surface area contributed by atoms with Crippen LogP contribution in [0.4, 0.5) is 0 Å². The first-order valence-corrected chi connectivity index (χ1v) is 7.65. The lowest BCUT2D eigenvalue weighted by Gasteiger charge is -2.14. The Morgan fingerprint density at radius 1 is 1.44 bits per heavy atom. The fraction of sp³-hybridized carbons (Fsp3) is 0.643. The Kier molecular flexibility index (Phi) is 3.64. The molecule has 1 unspecified atom stereocenters. The van der Waals surface area contributed by atoms with Crippen molar-refractivity contribution in [3.63, 3.8) is 0 Å². The fourth-order valence-electron chi connectivity index (χ4n) is 2.73. The van der Waals surface area contributed by atoms with Crippen LogP contribution in [0.3, 0.4) is 0 Å². The van der Waals surface area contributed by atoms with Crippen LogP contribution in [0.1, 0.15) is 29.7 Å². The number of nitrogens with zero attached hydrogens (tertiary/aromatic N) is 2. The van der Waals surface area contributed by atoms with Crippen molar-refractivity contribution >= 4 is 11.3 Å². The Morgan fingerprint density at radius 3 is 3.06 bits per heavy atom. The minimum Gasteiger partial charge on any atom is -0.312 e. The normalized spacial score (nSPS) is 24.3. The SMILES string of the molecule is N#Cc1csc(CNCC2CCN(C3CC3)C2)c1. The molecule has 1 aromatic rings. The molecule has 3 nitrogen and oxygen atoms in total. The van der Waals surface area contributed by atoms with Gasteiger partial charge >= 0.3 is 0 Å². The number of hydrogen-bond donors (Lipinski definition) is 1. The highest BCUT2D eigenvalue weighted by molar-refractivity contribution is 7.10. The third-order valence-electron chi connectivity index (χ3n) is 3.90. The Bertz CT molecular complexity index is 444. The van der Waals surface area contributed by atoms with Crippen molar-refractivity contribution in [2.24, 2.45) is 5.92 Å². The maximum Gasteiger partial charge on any atom is 0.100 e. The summed E-state index contributed by atoms with van der Waals surface area (Å²) in [5.74, 6) is 0.820. The Balaban J connectivity index is 1.38. The van der Waals surface area contributed by atoms with Gasteiger partial charge in [-0.05, 0) is 44.3 Å². The van der Waals surface area contributed by atoms with Crippen molar-refractivity contribution in [1.29, 1.82) is 5.26 Å². The first kappa shape index (κ1) is 12.2. The minimum atomic E-state index is 0.789. The molecule has 4 heteroatoms. The van der Waals surface area contributed by atoms with Crippen LogP contribution in [0, 0.1) is 17.2 Å². The molecule has 1 aliphatic carbocycles. The summed E-state index contributed by atoms with van der Waals surface area (Å²) in [6, 6.07) is 5.09. The molecule has 3 rings (SSSR count). The number of nitriles is 1. The highest BCUT2D eigenvalue weighted by Crippen LogP contribution is 2.31. The van der Waals surface area contributed by atoms with E-state index in [1.54, 1.807) is 11.3 Å². The highest BCUT2D eigenvalue weighted by atomic mass is 32.1. The van der Waals surface area contributed by atoms with Gasteiger partial charge < -0.3 is 10.2 Å². The van der Waals surface area contributed by atoms with Gasteiger partial charge in [-0.25, -0.2) is 0 Å². The molecule has 2 aliphatic rings. The standard InChI is InChI=1S/C14H19N3S/c15-6-12-5-14(18-10-12)8-16-7-11-3-4-17(9-11)13-1-2-13/h5,10-11,13,16H,1-4,7-9H2. The summed E-state index contributed by atoms with van der Waals surface area (Å²) >= 11 is 1.68. The summed E-state index contributed by atoms with van der Waals surface area (Å²) < 4.78 is 0. The van der Waals surface area contributed by atoms with E-state index in [-0.39, 0.29) is 0 Å². The molecule has 0 aromatic carbocycles. The molecule has 1 atom stereocenters. The third kappa shape index (κ3) is 2.92. The Morgan fingerprint density at radius 2 is 2.33 bits per heavy atom. The number of likely N-dealkylation sites (tertiary alicyclic amines) is 1. The third-order valence-corrected chi connectivity index (χ3v) is 4.83. The predicted octanol–water partition coefficient (Wildman–Crippen LogP) is 2.19. The first-order valence-electron chi connectivity index (χ1n) is 6.77. The van der Waals surface area contributed by atoms with Gasteiger partial charge in [-0.3, -0.25) is 0 Å². The summed E-state index contributed by atoms with van der Waals surface area (Å²) in [6.45, 7) is 4.61. The van der Waals surface area contributed by atoms with Crippen molar-refractivity contribution in [3.8, 4) is 6.07 Å². The van der Waals surface area contributed by atoms with Crippen LogP contribution in [0.25, 0.3) is 0 Å². The van der Waals surface area contributed by atoms with Gasteiger partial charge in [0, 0.05) is 29.4 Å². The lowest BCUT2D eigenvalue weighted by molar-refractivity contribution is 0.312. The molecule has 1 aliphatic heterocycles. The number of thiophene rings is 1. The van der Waals surface area contributed by atoms with Gasteiger partial charge in [0.05, 0.1) is 5.56 Å². The van der Waals surface area contributed by atoms with Gasteiger partial charge in [-0.15, -0.1) is 11.3 Å². The zero-order chi connectivity index (χ0) is 12.4. The van der Waals surface area contributed by atoms with E-state index in [1.165, 1.54) is 37.2 Å². The van der Waals surface area contributed by atoms with Crippen molar-refractivity contribution in [3.05, 3.63) is 21.9 Å². The monoisotopic (exact) mass is 261 g/mol. The lowest BCUT2D eigenvalue weighted by Crippen LogP contribution is -2.27. The quantitative estimate of drug-likeness (QED) is 0.883. The summed E-state index contributed by atoms with van der Waals surface area (Å²) in [7, 11) is 0. The van der Waals surface area contributed by atoms with Crippen LogP contribution in [0.5, 0.6) is 0 Å². The van der Waals surface area contributed by atoms with Crippen molar-refractivity contribution in [2.45, 2.75) is 31.8 Å². The van der Waals surface area contributed by atoms with E-state index >= 15 is 0 Å². The van der Waals surface area contributed by atoms with E-state index < -0.39 is 0 Å². The molecule has 96 valence electrons. The van der Waals surface area contributed by atoms with E-state index in [9.17, 15) is 0 Å². The minimum absolute atomic E-state index is 0.789. The average molecular weight is 261 g/mol. The molecular weight excluding hydrogens is 242 g/mol. The van der Waals surface area contributed by atoms with Crippen LogP contribution < -0.4 is 5.32 Å². The number of hydrogen-bond acceptors (Lipinski definition) is 4. The topological polar surface area (TPSA) is 39.1 Å². The Hall–Kier alpha value is -0.890. The predicted molar refractivity (Wildman–Crippen MR) is 73.4 cm³/mol. The second-order valence-corrected chi connectivity index (χ2v) is 6.42. The van der Waals surface area contributed by atoms with E-state index in [0.717, 1.165) is 30.6 Å². The highest BCUT2D eigenvalue weighted by Gasteiger charge is 2.33. The molecule has 1 saturated heterocycles. The molecule has 1 aromatic heterocycles. The summed E-state index contributed by atoms with van der Waals surface area (Å²) in [4.78, 5) is 3.93. The summed E-state index contributed by atoms with van der Waals surface area (Å²) in [5, 5.41) is 14.2. The van der Waals surface area contributed by atoms with Crippen LogP contribution in [-0.2, 0) is 6.54 Å². The second-order valence-electron chi connectivity index (χ2n) is 5.43. The van der Waals surface area contributed by atoms with Crippen LogP contribution in [0.2, 0.25) is 0 Å². The smallest absolute Gasteiger partial charge is 0.100 e. The summed E-state index contributed by atoms with van der Waals surface area (Å²) in [6.07, 6.45) is 4.19. The van der Waals surface area contributed by atoms with Gasteiger partial charge in [0.25, 0.3) is 0 Å². The summed E-state index contributed by atoms with van der Waals surface area (Å²) in [5.41, 5.74) is 0.789. The molecule has 18 heavy (non-hydrogen) atoms. The van der Waals surface area contributed by atoms with Crippen LogP contribution >= 0.6 is 11.3 Å². The molecule has 0 spiro atoms. The van der Waals surface area contributed by atoms with Gasteiger partial charge in [-0.1, -0.05) is 0 Å². The molecular formula is C14H19N3S. The molecule has 2 fully saturated rings. The number of rotatable bonds is 5. The molecule has 1 saturated carbocycles. The molecule has 2 heterocycles. The van der Waals surface area contributed by atoms with E-state index in [0.29, 0.717) is 0 Å². The second kappa shape index (κ2) is 5.40. The van der Waals surface area contributed by atoms with Gasteiger partial charge in [0.2, 0.25) is 0 Å². The zero-order valence-corrected chi connectivity index (χ0v) is 11.4. The molecule has 1 N–H and O–H groups in total. The average Bonchev–Trinajstić information content (AvgIpc) is 2.96. The first-order chi connectivity index (χ1) is 8.85. The lowest BCUT2D eigenvalue weighted by atomic mass is 10.1. The van der Waals surface area contributed by atoms with E-state index in [1.807, 2.05) is 11.4 Å². The van der Waals surface area contributed by atoms with Crippen molar-refractivity contribution < 1.29 is 0 Å². The van der Waals surface area contributed by atoms with E-state index in [2.05, 4.69) is 16.3 Å². The zero-order valence-electron chi connectivity index (χ0n) is 10.6. The maximum atomic E-state index is 8.77. The van der Waals surface area contributed by atoms with Gasteiger partial charge in [0.1, 0.15) is 6.07 Å². The van der Waals surface area contributed by atoms with Crippen LogP contribution in [-0.4, -0.2) is 30.6 Å². The molecule has 0 bridgehead atoms. The van der Waals surface area contributed by atoms with Crippen molar-refractivity contribution in [2.75, 3.05) is 19.6 Å². The van der Waals surface area contributed by atoms with Crippen molar-refractivity contribution in [1.82, 2.24) is 10.2 Å². The molecule has 0 radical (unpaired) electrons. The van der Waals surface area contributed by atoms with Crippen LogP contribution in [0.15, 0.2) is 11.4 Å². The number of nitrogens with one attached hydrogen (secondary N) is 1.